The molecule has 0 atom stereocenters. The molecule has 0 radical (unpaired) electrons. The molecule has 1 aliphatic rings. The molecule has 2 heterocycles. The molecule has 0 aliphatic carbocycles. The Hall–Kier alpha value is -2.79. The minimum absolute atomic E-state index is 0.109. The van der Waals surface area contributed by atoms with E-state index in [0.29, 0.717) is 24.1 Å². The van der Waals surface area contributed by atoms with Gasteiger partial charge in [-0.05, 0) is 54.7 Å². The van der Waals surface area contributed by atoms with E-state index in [4.69, 9.17) is 16.3 Å². The summed E-state index contributed by atoms with van der Waals surface area (Å²) < 4.78 is 7.87. The second kappa shape index (κ2) is 9.14. The molecule has 4 rings (SSSR count). The maximum Gasteiger partial charge on any atom is 0.254 e. The highest BCUT2D eigenvalue weighted by Crippen LogP contribution is 2.23. The van der Waals surface area contributed by atoms with Crippen LogP contribution >= 0.6 is 11.6 Å². The molecule has 1 saturated heterocycles. The van der Waals surface area contributed by atoms with Crippen molar-refractivity contribution in [1.29, 1.82) is 0 Å². The second-order valence-electron chi connectivity index (χ2n) is 7.39. The fraction of sp³-hybridized carbons (Fsp3) is 0.304. The molecular weight excluding hydrogens is 386 g/mol. The summed E-state index contributed by atoms with van der Waals surface area (Å²) in [5.41, 5.74) is 1.79. The first-order valence-electron chi connectivity index (χ1n) is 9.90. The van der Waals surface area contributed by atoms with Crippen LogP contribution in [0.25, 0.3) is 0 Å². The zero-order valence-corrected chi connectivity index (χ0v) is 17.0. The van der Waals surface area contributed by atoms with Crippen LogP contribution in [-0.4, -0.2) is 40.1 Å². The molecule has 1 aliphatic heterocycles. The summed E-state index contributed by atoms with van der Waals surface area (Å²) in [5, 5.41) is 0.706. The van der Waals surface area contributed by atoms with E-state index in [0.717, 1.165) is 42.8 Å². The molecule has 0 unspecified atom stereocenters. The third-order valence-corrected chi connectivity index (χ3v) is 5.61. The molecule has 1 fully saturated rings. The summed E-state index contributed by atoms with van der Waals surface area (Å²) in [6, 6.07) is 15.3. The molecule has 0 bridgehead atoms. The Labute approximate surface area is 175 Å². The van der Waals surface area contributed by atoms with Gasteiger partial charge in [0.05, 0.1) is 12.9 Å². The topological polar surface area (TPSA) is 47.4 Å². The van der Waals surface area contributed by atoms with Crippen LogP contribution in [0.4, 0.5) is 0 Å². The standard InChI is InChI=1S/C23H24ClN3O2/c24-20-5-7-21(8-6-20)29-16-18-9-12-27(13-10-18)23(28)22-4-2-1-3-19(22)15-26-14-11-25-17-26/h1-8,11,14,17-18H,9-10,12-13,15-16H2. The lowest BCUT2D eigenvalue weighted by Crippen LogP contribution is -2.40. The van der Waals surface area contributed by atoms with Crippen LogP contribution in [0.2, 0.25) is 5.02 Å². The number of amides is 1. The Morgan fingerprint density at radius 3 is 2.59 bits per heavy atom. The Morgan fingerprint density at radius 2 is 1.86 bits per heavy atom. The zero-order valence-electron chi connectivity index (χ0n) is 16.2. The van der Waals surface area contributed by atoms with Gasteiger partial charge in [-0.25, -0.2) is 4.98 Å². The van der Waals surface area contributed by atoms with Gasteiger partial charge in [0.25, 0.3) is 5.91 Å². The number of piperidine rings is 1. The average Bonchev–Trinajstić information content (AvgIpc) is 3.27. The Balaban J connectivity index is 1.33. The van der Waals surface area contributed by atoms with Crippen LogP contribution in [0.3, 0.4) is 0 Å². The minimum Gasteiger partial charge on any atom is -0.493 e. The van der Waals surface area contributed by atoms with Crippen LogP contribution < -0.4 is 4.74 Å². The third-order valence-electron chi connectivity index (χ3n) is 5.36. The summed E-state index contributed by atoms with van der Waals surface area (Å²) in [4.78, 5) is 19.2. The van der Waals surface area contributed by atoms with E-state index in [9.17, 15) is 4.79 Å². The van der Waals surface area contributed by atoms with Crippen LogP contribution in [0.5, 0.6) is 5.75 Å². The summed E-state index contributed by atoms with van der Waals surface area (Å²) in [5.74, 6) is 1.40. The van der Waals surface area contributed by atoms with Gasteiger partial charge in [0, 0.05) is 42.6 Å². The number of imidazole rings is 1. The predicted molar refractivity (Wildman–Crippen MR) is 113 cm³/mol. The van der Waals surface area contributed by atoms with E-state index >= 15 is 0 Å². The molecule has 150 valence electrons. The van der Waals surface area contributed by atoms with Gasteiger partial charge < -0.3 is 14.2 Å². The smallest absolute Gasteiger partial charge is 0.254 e. The monoisotopic (exact) mass is 409 g/mol. The normalized spacial score (nSPS) is 14.7. The van der Waals surface area contributed by atoms with Crippen molar-refractivity contribution in [3.05, 3.63) is 83.4 Å². The molecule has 1 amide bonds. The van der Waals surface area contributed by atoms with Crippen molar-refractivity contribution in [1.82, 2.24) is 14.5 Å². The van der Waals surface area contributed by atoms with Crippen molar-refractivity contribution >= 4 is 17.5 Å². The number of hydrogen-bond acceptors (Lipinski definition) is 3. The molecular formula is C23H24ClN3O2. The number of carbonyl (C=O) groups excluding carboxylic acids is 1. The molecule has 5 nitrogen and oxygen atoms in total. The van der Waals surface area contributed by atoms with Crippen molar-refractivity contribution in [2.75, 3.05) is 19.7 Å². The van der Waals surface area contributed by atoms with Crippen molar-refractivity contribution in [2.45, 2.75) is 19.4 Å². The van der Waals surface area contributed by atoms with Gasteiger partial charge in [0.15, 0.2) is 0 Å². The number of hydrogen-bond donors (Lipinski definition) is 0. The number of benzene rings is 2. The van der Waals surface area contributed by atoms with Crippen molar-refractivity contribution in [3.63, 3.8) is 0 Å². The molecule has 0 saturated carbocycles. The highest BCUT2D eigenvalue weighted by Gasteiger charge is 2.25. The van der Waals surface area contributed by atoms with E-state index in [1.54, 1.807) is 12.5 Å². The van der Waals surface area contributed by atoms with Gasteiger partial charge in [0.1, 0.15) is 5.75 Å². The second-order valence-corrected chi connectivity index (χ2v) is 7.83. The molecule has 29 heavy (non-hydrogen) atoms. The van der Waals surface area contributed by atoms with Crippen LogP contribution in [0, 0.1) is 5.92 Å². The SMILES string of the molecule is O=C(c1ccccc1Cn1ccnc1)N1CCC(COc2ccc(Cl)cc2)CC1. The first kappa shape index (κ1) is 19.5. The van der Waals surface area contributed by atoms with Crippen LogP contribution in [0.1, 0.15) is 28.8 Å². The lowest BCUT2D eigenvalue weighted by Gasteiger charge is -2.32. The molecule has 0 N–H and O–H groups in total. The molecule has 3 aromatic rings. The molecule has 6 heteroatoms. The van der Waals surface area contributed by atoms with E-state index in [-0.39, 0.29) is 5.91 Å². The Kier molecular flexibility index (Phi) is 6.15. The summed E-state index contributed by atoms with van der Waals surface area (Å²) in [7, 11) is 0. The summed E-state index contributed by atoms with van der Waals surface area (Å²) in [6.07, 6.45) is 7.33. The lowest BCUT2D eigenvalue weighted by atomic mass is 9.96. The zero-order chi connectivity index (χ0) is 20.1. The number of halogens is 1. The lowest BCUT2D eigenvalue weighted by molar-refractivity contribution is 0.0660. The average molecular weight is 410 g/mol. The summed E-state index contributed by atoms with van der Waals surface area (Å²) >= 11 is 5.91. The van der Waals surface area contributed by atoms with E-state index in [1.807, 2.05) is 64.2 Å². The van der Waals surface area contributed by atoms with Gasteiger partial charge in [0.2, 0.25) is 0 Å². The van der Waals surface area contributed by atoms with E-state index in [2.05, 4.69) is 4.98 Å². The van der Waals surface area contributed by atoms with Gasteiger partial charge in [-0.1, -0.05) is 29.8 Å². The maximum absolute atomic E-state index is 13.1. The summed E-state index contributed by atoms with van der Waals surface area (Å²) in [6.45, 7) is 2.83. The largest absolute Gasteiger partial charge is 0.493 e. The predicted octanol–water partition coefficient (Wildman–Crippen LogP) is 4.52. The number of aromatic nitrogens is 2. The van der Waals surface area contributed by atoms with Crippen molar-refractivity contribution in [2.24, 2.45) is 5.92 Å². The van der Waals surface area contributed by atoms with E-state index < -0.39 is 0 Å². The third kappa shape index (κ3) is 4.98. The minimum atomic E-state index is 0.109. The van der Waals surface area contributed by atoms with Gasteiger partial charge in [-0.3, -0.25) is 4.79 Å². The Morgan fingerprint density at radius 1 is 1.10 bits per heavy atom. The Bertz CT molecular complexity index is 933. The van der Waals surface area contributed by atoms with Crippen molar-refractivity contribution < 1.29 is 9.53 Å². The first-order valence-corrected chi connectivity index (χ1v) is 10.3. The number of nitrogens with zero attached hydrogens (tertiary/aromatic N) is 3. The van der Waals surface area contributed by atoms with Crippen molar-refractivity contribution in [3.8, 4) is 5.75 Å². The maximum atomic E-state index is 13.1. The number of rotatable bonds is 6. The van der Waals surface area contributed by atoms with E-state index in [1.165, 1.54) is 0 Å². The number of carbonyl (C=O) groups is 1. The fourth-order valence-corrected chi connectivity index (χ4v) is 3.79. The van der Waals surface area contributed by atoms with Crippen LogP contribution in [-0.2, 0) is 6.54 Å². The van der Waals surface area contributed by atoms with Gasteiger partial charge in [-0.15, -0.1) is 0 Å². The highest BCUT2D eigenvalue weighted by molar-refractivity contribution is 6.30. The molecule has 0 spiro atoms. The fourth-order valence-electron chi connectivity index (χ4n) is 3.66. The number of ether oxygens (including phenoxy) is 1. The van der Waals surface area contributed by atoms with Gasteiger partial charge >= 0.3 is 0 Å². The van der Waals surface area contributed by atoms with Gasteiger partial charge in [-0.2, -0.15) is 0 Å². The quantitative estimate of drug-likeness (QED) is 0.601. The first-order chi connectivity index (χ1) is 14.2. The number of likely N-dealkylation sites (tertiary alicyclic amines) is 1. The molecule has 1 aromatic heterocycles. The molecule has 2 aromatic carbocycles. The highest BCUT2D eigenvalue weighted by atomic mass is 35.5. The van der Waals surface area contributed by atoms with Crippen LogP contribution in [0.15, 0.2) is 67.3 Å².